The highest BCUT2D eigenvalue weighted by atomic mass is 16.3. The Hall–Kier alpha value is -1.75. The average molecular weight is 348 g/mol. The number of aliphatic hydroxyl groups excluding tert-OH is 1. The number of aryl methyl sites for hydroxylation is 1. The first-order chi connectivity index (χ1) is 12.1. The molecule has 1 aromatic carbocycles. The van der Waals surface area contributed by atoms with E-state index in [0.29, 0.717) is 19.1 Å². The van der Waals surface area contributed by atoms with Crippen molar-refractivity contribution in [3.8, 4) is 0 Å². The molecule has 1 atom stereocenters. The van der Waals surface area contributed by atoms with Crippen LogP contribution in [0, 0.1) is 6.92 Å². The van der Waals surface area contributed by atoms with E-state index in [-0.39, 0.29) is 12.6 Å². The molecule has 0 bridgehead atoms. The van der Waals surface area contributed by atoms with Crippen molar-refractivity contribution in [2.75, 3.05) is 36.5 Å². The van der Waals surface area contributed by atoms with Gasteiger partial charge in [-0.1, -0.05) is 13.3 Å². The molecule has 1 aromatic rings. The quantitative estimate of drug-likeness (QED) is 0.784. The largest absolute Gasteiger partial charge is 0.395 e. The Morgan fingerprint density at radius 2 is 2.16 bits per heavy atom. The Labute approximate surface area is 152 Å². The van der Waals surface area contributed by atoms with Crippen molar-refractivity contribution in [1.29, 1.82) is 0 Å². The summed E-state index contributed by atoms with van der Waals surface area (Å²) < 4.78 is 0. The fraction of sp³-hybridized carbons (Fsp3) is 0.650. The number of nitrogens with one attached hydrogen (secondary N) is 1. The van der Waals surface area contributed by atoms with Gasteiger partial charge in [0.25, 0.3) is 0 Å². The number of hydrogen-bond donors (Lipinski definition) is 2. The topological polar surface area (TPSA) is 55.8 Å². The summed E-state index contributed by atoms with van der Waals surface area (Å²) in [7, 11) is 0. The summed E-state index contributed by atoms with van der Waals surface area (Å²) in [5.41, 5.74) is 3.15. The van der Waals surface area contributed by atoms with Gasteiger partial charge in [-0.15, -0.1) is 0 Å². The Morgan fingerprint density at radius 3 is 2.80 bits per heavy atom. The Morgan fingerprint density at radius 1 is 1.36 bits per heavy atom. The summed E-state index contributed by atoms with van der Waals surface area (Å²) >= 11 is 0. The monoisotopic (exact) mass is 347 g/mol. The maximum absolute atomic E-state index is 12.5. The molecule has 0 saturated carbocycles. The van der Waals surface area contributed by atoms with Crippen LogP contribution in [0.2, 0.25) is 0 Å². The second-order valence-corrected chi connectivity index (χ2v) is 7.03. The molecule has 1 unspecified atom stereocenters. The van der Waals surface area contributed by atoms with Crippen LogP contribution in [-0.4, -0.2) is 48.3 Å². The molecular weight excluding hydrogens is 314 g/mol. The molecule has 25 heavy (non-hydrogen) atoms. The van der Waals surface area contributed by atoms with Gasteiger partial charge in [0.1, 0.15) is 0 Å². The Balaban J connectivity index is 2.05. The summed E-state index contributed by atoms with van der Waals surface area (Å²) in [5, 5.41) is 12.2. The van der Waals surface area contributed by atoms with Crippen LogP contribution in [0.5, 0.6) is 0 Å². The number of amides is 2. The zero-order valence-electron chi connectivity index (χ0n) is 15.9. The predicted molar refractivity (Wildman–Crippen MR) is 104 cm³/mol. The zero-order chi connectivity index (χ0) is 18.2. The Kier molecular flexibility index (Phi) is 7.56. The number of urea groups is 1. The van der Waals surface area contributed by atoms with Crippen molar-refractivity contribution in [3.05, 3.63) is 23.8 Å². The molecule has 5 nitrogen and oxygen atoms in total. The fourth-order valence-electron chi connectivity index (χ4n) is 3.43. The van der Waals surface area contributed by atoms with Gasteiger partial charge in [0.2, 0.25) is 0 Å². The number of hydrogen-bond acceptors (Lipinski definition) is 3. The summed E-state index contributed by atoms with van der Waals surface area (Å²) in [6, 6.07) is 6.71. The lowest BCUT2D eigenvalue weighted by Crippen LogP contribution is -2.38. The number of nitrogens with zero attached hydrogens (tertiary/aromatic N) is 2. The van der Waals surface area contributed by atoms with Crippen LogP contribution in [-0.2, 0) is 0 Å². The third-order valence-corrected chi connectivity index (χ3v) is 5.02. The van der Waals surface area contributed by atoms with Gasteiger partial charge in [-0.25, -0.2) is 4.79 Å². The summed E-state index contributed by atoms with van der Waals surface area (Å²) in [6.07, 6.45) is 5.76. The fourth-order valence-corrected chi connectivity index (χ4v) is 3.43. The smallest absolute Gasteiger partial charge is 0.321 e. The second-order valence-electron chi connectivity index (χ2n) is 7.03. The van der Waals surface area contributed by atoms with Gasteiger partial charge in [-0.05, 0) is 63.3 Å². The van der Waals surface area contributed by atoms with Crippen molar-refractivity contribution in [2.45, 2.75) is 58.9 Å². The highest BCUT2D eigenvalue weighted by Gasteiger charge is 2.19. The number of anilines is 2. The van der Waals surface area contributed by atoms with E-state index in [1.807, 2.05) is 13.0 Å². The molecule has 0 radical (unpaired) electrons. The van der Waals surface area contributed by atoms with Crippen molar-refractivity contribution < 1.29 is 9.90 Å². The summed E-state index contributed by atoms with van der Waals surface area (Å²) in [5.74, 6) is 0. The first-order valence-corrected chi connectivity index (χ1v) is 9.61. The first-order valence-electron chi connectivity index (χ1n) is 9.61. The van der Waals surface area contributed by atoms with E-state index in [9.17, 15) is 9.90 Å². The predicted octanol–water partition coefficient (Wildman–Crippen LogP) is 4.00. The lowest BCUT2D eigenvalue weighted by atomic mass is 10.0. The molecule has 2 N–H and O–H groups in total. The highest BCUT2D eigenvalue weighted by Crippen LogP contribution is 2.28. The van der Waals surface area contributed by atoms with E-state index in [4.69, 9.17) is 0 Å². The molecule has 1 heterocycles. The number of benzene rings is 1. The van der Waals surface area contributed by atoms with E-state index in [0.717, 1.165) is 30.6 Å². The van der Waals surface area contributed by atoms with Gasteiger partial charge in [-0.2, -0.15) is 0 Å². The molecule has 5 heteroatoms. The number of rotatable bonds is 7. The minimum absolute atomic E-state index is 0.0120. The van der Waals surface area contributed by atoms with E-state index in [1.165, 1.54) is 24.9 Å². The molecule has 1 aliphatic heterocycles. The molecule has 140 valence electrons. The molecule has 0 aliphatic carbocycles. The van der Waals surface area contributed by atoms with E-state index >= 15 is 0 Å². The SMILES string of the molecule is CCCCN(CCO)C(=O)Nc1ccc(N2CCCCC2C)cc1C. The average Bonchev–Trinajstić information content (AvgIpc) is 2.60. The van der Waals surface area contributed by atoms with Gasteiger partial charge in [0.15, 0.2) is 0 Å². The first kappa shape index (κ1) is 19.6. The molecule has 1 fully saturated rings. The highest BCUT2D eigenvalue weighted by molar-refractivity contribution is 5.90. The number of carbonyl (C=O) groups excluding carboxylic acids is 1. The molecule has 2 rings (SSSR count). The van der Waals surface area contributed by atoms with Crippen molar-refractivity contribution in [3.63, 3.8) is 0 Å². The molecule has 0 aromatic heterocycles. The number of carbonyl (C=O) groups is 1. The minimum Gasteiger partial charge on any atom is -0.395 e. The standard InChI is InChI=1S/C20H33N3O2/c1-4-5-11-22(13-14-24)20(25)21-19-10-9-18(15-16(19)2)23-12-7-6-8-17(23)3/h9-10,15,17,24H,4-8,11-14H2,1-3H3,(H,21,25). The van der Waals surface area contributed by atoms with Gasteiger partial charge in [-0.3, -0.25) is 0 Å². The van der Waals surface area contributed by atoms with Gasteiger partial charge >= 0.3 is 6.03 Å². The zero-order valence-corrected chi connectivity index (χ0v) is 15.9. The van der Waals surface area contributed by atoms with Gasteiger partial charge in [0, 0.05) is 37.1 Å². The third-order valence-electron chi connectivity index (χ3n) is 5.02. The van der Waals surface area contributed by atoms with Crippen molar-refractivity contribution in [1.82, 2.24) is 4.90 Å². The number of aliphatic hydroxyl groups is 1. The van der Waals surface area contributed by atoms with Gasteiger partial charge in [0.05, 0.1) is 6.61 Å². The molecule has 1 saturated heterocycles. The minimum atomic E-state index is -0.135. The van der Waals surface area contributed by atoms with Crippen molar-refractivity contribution in [2.24, 2.45) is 0 Å². The normalized spacial score (nSPS) is 17.4. The third kappa shape index (κ3) is 5.36. The molecule has 1 aliphatic rings. The van der Waals surface area contributed by atoms with Crippen LogP contribution in [0.25, 0.3) is 0 Å². The van der Waals surface area contributed by atoms with Crippen molar-refractivity contribution >= 4 is 17.4 Å². The Bertz CT molecular complexity index is 562. The van der Waals surface area contributed by atoms with Crippen LogP contribution in [0.4, 0.5) is 16.2 Å². The molecule has 2 amide bonds. The number of piperidine rings is 1. The van der Waals surface area contributed by atoms with Crippen LogP contribution in [0.3, 0.4) is 0 Å². The van der Waals surface area contributed by atoms with E-state index in [1.54, 1.807) is 4.90 Å². The van der Waals surface area contributed by atoms with E-state index in [2.05, 4.69) is 36.2 Å². The maximum Gasteiger partial charge on any atom is 0.321 e. The second kappa shape index (κ2) is 9.66. The summed E-state index contributed by atoms with van der Waals surface area (Å²) in [6.45, 7) is 8.55. The van der Waals surface area contributed by atoms with Crippen LogP contribution >= 0.6 is 0 Å². The van der Waals surface area contributed by atoms with Gasteiger partial charge < -0.3 is 20.2 Å². The van der Waals surface area contributed by atoms with Crippen LogP contribution in [0.15, 0.2) is 18.2 Å². The van der Waals surface area contributed by atoms with Crippen LogP contribution < -0.4 is 10.2 Å². The summed E-state index contributed by atoms with van der Waals surface area (Å²) in [4.78, 5) is 16.6. The molecule has 0 spiro atoms. The van der Waals surface area contributed by atoms with E-state index < -0.39 is 0 Å². The molecular formula is C20H33N3O2. The maximum atomic E-state index is 12.5. The van der Waals surface area contributed by atoms with Crippen LogP contribution in [0.1, 0.15) is 51.5 Å². The lowest BCUT2D eigenvalue weighted by molar-refractivity contribution is 0.187. The lowest BCUT2D eigenvalue weighted by Gasteiger charge is -2.35. The number of unbranched alkanes of at least 4 members (excludes halogenated alkanes) is 1.